The fraction of sp³-hybridized carbons (Fsp3) is 0.375. The van der Waals surface area contributed by atoms with Crippen LogP contribution in [0.15, 0.2) is 30.3 Å². The average Bonchev–Trinajstić information content (AvgIpc) is 2.99. The molecule has 1 amide bonds. The first-order valence-electron chi connectivity index (χ1n) is 7.30. The highest BCUT2D eigenvalue weighted by atomic mass is 16.5. The molecule has 0 saturated carbocycles. The number of rotatable bonds is 4. The first-order chi connectivity index (χ1) is 10.3. The standard InChI is InChI=1S/C16H19N3O2/c1-2-17-15-9-13(12-5-3-4-6-14(12)19-15)16(20)18-11-7-8-21-10-11/h3-6,9,11H,2,7-8,10H2,1H3,(H,17,19)(H,18,20). The molecule has 0 bridgehead atoms. The quantitative estimate of drug-likeness (QED) is 0.904. The SMILES string of the molecule is CCNc1cc(C(=O)NC2CCOC2)c2ccccc2n1. The Morgan fingerprint density at radius 1 is 1.43 bits per heavy atom. The number of pyridine rings is 1. The van der Waals surface area contributed by atoms with Crippen molar-refractivity contribution in [3.05, 3.63) is 35.9 Å². The number of anilines is 1. The molecule has 5 heteroatoms. The van der Waals surface area contributed by atoms with Gasteiger partial charge in [-0.3, -0.25) is 4.79 Å². The van der Waals surface area contributed by atoms with Gasteiger partial charge in [0.1, 0.15) is 5.82 Å². The third-order valence-corrected chi connectivity index (χ3v) is 3.58. The van der Waals surface area contributed by atoms with Gasteiger partial charge in [0.15, 0.2) is 0 Å². The highest BCUT2D eigenvalue weighted by Crippen LogP contribution is 2.21. The second-order valence-electron chi connectivity index (χ2n) is 5.14. The lowest BCUT2D eigenvalue weighted by Gasteiger charge is -2.13. The van der Waals surface area contributed by atoms with Gasteiger partial charge < -0.3 is 15.4 Å². The number of amides is 1. The Morgan fingerprint density at radius 3 is 3.05 bits per heavy atom. The molecular weight excluding hydrogens is 266 g/mol. The summed E-state index contributed by atoms with van der Waals surface area (Å²) in [7, 11) is 0. The van der Waals surface area contributed by atoms with Crippen LogP contribution in [0, 0.1) is 0 Å². The second kappa shape index (κ2) is 6.10. The van der Waals surface area contributed by atoms with Crippen LogP contribution in [0.25, 0.3) is 10.9 Å². The van der Waals surface area contributed by atoms with Crippen molar-refractivity contribution in [2.75, 3.05) is 25.1 Å². The molecule has 2 aromatic rings. The third kappa shape index (κ3) is 2.97. The van der Waals surface area contributed by atoms with E-state index in [1.165, 1.54) is 0 Å². The summed E-state index contributed by atoms with van der Waals surface area (Å²) in [6.45, 7) is 4.08. The van der Waals surface area contributed by atoms with Gasteiger partial charge in [0.25, 0.3) is 5.91 Å². The maximum Gasteiger partial charge on any atom is 0.252 e. The van der Waals surface area contributed by atoms with E-state index in [0.717, 1.165) is 29.7 Å². The van der Waals surface area contributed by atoms with Gasteiger partial charge in [0.05, 0.1) is 23.7 Å². The van der Waals surface area contributed by atoms with Gasteiger partial charge in [-0.05, 0) is 25.5 Å². The molecule has 1 fully saturated rings. The molecule has 3 rings (SSSR count). The van der Waals surface area contributed by atoms with Crippen molar-refractivity contribution >= 4 is 22.6 Å². The smallest absolute Gasteiger partial charge is 0.252 e. The van der Waals surface area contributed by atoms with E-state index in [2.05, 4.69) is 15.6 Å². The summed E-state index contributed by atoms with van der Waals surface area (Å²) < 4.78 is 5.30. The first-order valence-corrected chi connectivity index (χ1v) is 7.30. The number of fused-ring (bicyclic) bond motifs is 1. The lowest BCUT2D eigenvalue weighted by molar-refractivity contribution is 0.0931. The summed E-state index contributed by atoms with van der Waals surface area (Å²) in [6.07, 6.45) is 0.870. The van der Waals surface area contributed by atoms with Crippen LogP contribution in [0.4, 0.5) is 5.82 Å². The molecule has 1 aromatic carbocycles. The van der Waals surface area contributed by atoms with Gasteiger partial charge in [0.2, 0.25) is 0 Å². The summed E-state index contributed by atoms with van der Waals surface area (Å²) in [4.78, 5) is 17.1. The highest BCUT2D eigenvalue weighted by molar-refractivity contribution is 6.07. The third-order valence-electron chi connectivity index (χ3n) is 3.58. The second-order valence-corrected chi connectivity index (χ2v) is 5.14. The van der Waals surface area contributed by atoms with E-state index in [9.17, 15) is 4.79 Å². The Morgan fingerprint density at radius 2 is 2.29 bits per heavy atom. The Kier molecular flexibility index (Phi) is 4.01. The zero-order chi connectivity index (χ0) is 14.7. The molecule has 21 heavy (non-hydrogen) atoms. The van der Waals surface area contributed by atoms with Crippen LogP contribution in [0.2, 0.25) is 0 Å². The number of nitrogens with one attached hydrogen (secondary N) is 2. The van der Waals surface area contributed by atoms with Gasteiger partial charge in [-0.15, -0.1) is 0 Å². The molecule has 1 saturated heterocycles. The van der Waals surface area contributed by atoms with E-state index in [1.54, 1.807) is 0 Å². The monoisotopic (exact) mass is 285 g/mol. The topological polar surface area (TPSA) is 63.2 Å². The zero-order valence-electron chi connectivity index (χ0n) is 12.1. The van der Waals surface area contributed by atoms with E-state index in [4.69, 9.17) is 4.74 Å². The Labute approximate surface area is 123 Å². The number of carbonyl (C=O) groups excluding carboxylic acids is 1. The van der Waals surface area contributed by atoms with Crippen LogP contribution in [-0.2, 0) is 4.74 Å². The van der Waals surface area contributed by atoms with Crippen molar-refractivity contribution < 1.29 is 9.53 Å². The maximum absolute atomic E-state index is 12.5. The lowest BCUT2D eigenvalue weighted by Crippen LogP contribution is -2.35. The van der Waals surface area contributed by atoms with Gasteiger partial charge in [-0.1, -0.05) is 18.2 Å². The molecule has 1 aliphatic rings. The van der Waals surface area contributed by atoms with Crippen molar-refractivity contribution in [2.24, 2.45) is 0 Å². The van der Waals surface area contributed by atoms with E-state index in [1.807, 2.05) is 37.3 Å². The molecule has 5 nitrogen and oxygen atoms in total. The predicted molar refractivity (Wildman–Crippen MR) is 82.6 cm³/mol. The largest absolute Gasteiger partial charge is 0.379 e. The number of ether oxygens (including phenoxy) is 1. The lowest BCUT2D eigenvalue weighted by atomic mass is 10.1. The Balaban J connectivity index is 1.96. The molecule has 1 atom stereocenters. The number of nitrogens with zero attached hydrogens (tertiary/aromatic N) is 1. The molecule has 2 N–H and O–H groups in total. The zero-order valence-corrected chi connectivity index (χ0v) is 12.1. The minimum atomic E-state index is -0.0664. The minimum Gasteiger partial charge on any atom is -0.379 e. The van der Waals surface area contributed by atoms with Crippen LogP contribution < -0.4 is 10.6 Å². The fourth-order valence-electron chi connectivity index (χ4n) is 2.55. The maximum atomic E-state index is 12.5. The van der Waals surface area contributed by atoms with Crippen molar-refractivity contribution in [1.29, 1.82) is 0 Å². The van der Waals surface area contributed by atoms with Crippen molar-refractivity contribution in [1.82, 2.24) is 10.3 Å². The van der Waals surface area contributed by atoms with Crippen LogP contribution in [0.5, 0.6) is 0 Å². The number of benzene rings is 1. The average molecular weight is 285 g/mol. The molecule has 0 aliphatic carbocycles. The van der Waals surface area contributed by atoms with E-state index < -0.39 is 0 Å². The van der Waals surface area contributed by atoms with E-state index in [-0.39, 0.29) is 11.9 Å². The fourth-order valence-corrected chi connectivity index (χ4v) is 2.55. The van der Waals surface area contributed by atoms with Gasteiger partial charge >= 0.3 is 0 Å². The highest BCUT2D eigenvalue weighted by Gasteiger charge is 2.20. The summed E-state index contributed by atoms with van der Waals surface area (Å²) in [6, 6.07) is 9.62. The molecule has 110 valence electrons. The molecule has 2 heterocycles. The van der Waals surface area contributed by atoms with Crippen molar-refractivity contribution in [3.63, 3.8) is 0 Å². The number of hydrogen-bond donors (Lipinski definition) is 2. The molecule has 1 aliphatic heterocycles. The van der Waals surface area contributed by atoms with Crippen molar-refractivity contribution in [2.45, 2.75) is 19.4 Å². The summed E-state index contributed by atoms with van der Waals surface area (Å²) in [5.74, 6) is 0.660. The Bertz CT molecular complexity index is 651. The van der Waals surface area contributed by atoms with E-state index >= 15 is 0 Å². The number of aromatic nitrogens is 1. The summed E-state index contributed by atoms with van der Waals surface area (Å²) >= 11 is 0. The number of hydrogen-bond acceptors (Lipinski definition) is 4. The van der Waals surface area contributed by atoms with Crippen LogP contribution in [0.3, 0.4) is 0 Å². The molecule has 0 radical (unpaired) electrons. The summed E-state index contributed by atoms with van der Waals surface area (Å²) in [5.41, 5.74) is 1.48. The van der Waals surface area contributed by atoms with Gasteiger partial charge in [0, 0.05) is 18.5 Å². The molecule has 0 spiro atoms. The summed E-state index contributed by atoms with van der Waals surface area (Å²) in [5, 5.41) is 7.08. The van der Waals surface area contributed by atoms with Crippen molar-refractivity contribution in [3.8, 4) is 0 Å². The first kappa shape index (κ1) is 13.8. The molecule has 1 aromatic heterocycles. The number of carbonyl (C=O) groups is 1. The van der Waals surface area contributed by atoms with Gasteiger partial charge in [-0.25, -0.2) is 4.98 Å². The minimum absolute atomic E-state index is 0.0664. The van der Waals surface area contributed by atoms with Gasteiger partial charge in [-0.2, -0.15) is 0 Å². The Hall–Kier alpha value is -2.14. The molecular formula is C16H19N3O2. The molecule has 1 unspecified atom stereocenters. The van der Waals surface area contributed by atoms with Crippen LogP contribution >= 0.6 is 0 Å². The van der Waals surface area contributed by atoms with Crippen LogP contribution in [-0.4, -0.2) is 36.7 Å². The van der Waals surface area contributed by atoms with Crippen LogP contribution in [0.1, 0.15) is 23.7 Å². The predicted octanol–water partition coefficient (Wildman–Crippen LogP) is 2.19. The number of para-hydroxylation sites is 1. The van der Waals surface area contributed by atoms with E-state index in [0.29, 0.717) is 18.8 Å². The normalized spacial score (nSPS) is 17.9.